The molecule has 2 rings (SSSR count). The number of hydrogen-bond donors (Lipinski definition) is 2. The number of benzene rings is 1. The lowest BCUT2D eigenvalue weighted by molar-refractivity contribution is -0.139. The van der Waals surface area contributed by atoms with Crippen LogP contribution in [0.5, 0.6) is 0 Å². The van der Waals surface area contributed by atoms with Crippen molar-refractivity contribution >= 4 is 16.2 Å². The van der Waals surface area contributed by atoms with Gasteiger partial charge in [-0.1, -0.05) is 12.1 Å². The number of rotatable bonds is 6. The number of carboxylic acids is 1. The zero-order valence-corrected chi connectivity index (χ0v) is 13.4. The van der Waals surface area contributed by atoms with Gasteiger partial charge in [-0.15, -0.1) is 0 Å². The van der Waals surface area contributed by atoms with E-state index in [0.29, 0.717) is 12.8 Å². The molecule has 0 aromatic heterocycles. The van der Waals surface area contributed by atoms with Crippen molar-refractivity contribution in [3.8, 4) is 0 Å². The summed E-state index contributed by atoms with van der Waals surface area (Å²) in [6.07, 6.45) is 1.10. The van der Waals surface area contributed by atoms with Gasteiger partial charge in [-0.25, -0.2) is 4.39 Å². The summed E-state index contributed by atoms with van der Waals surface area (Å²) in [6, 6.07) is 3.19. The summed E-state index contributed by atoms with van der Waals surface area (Å²) in [5, 5.41) is 9.28. The van der Waals surface area contributed by atoms with Gasteiger partial charge in [0.2, 0.25) is 0 Å². The Morgan fingerprint density at radius 2 is 1.91 bits per heavy atom. The van der Waals surface area contributed by atoms with Crippen LogP contribution in [0.25, 0.3) is 0 Å². The molecule has 2 N–H and O–H groups in total. The first kappa shape index (κ1) is 17.8. The number of carbonyl (C=O) groups is 1. The molecule has 1 atom stereocenters. The highest BCUT2D eigenvalue weighted by atomic mass is 32.2. The van der Waals surface area contributed by atoms with Crippen molar-refractivity contribution in [2.24, 2.45) is 0 Å². The van der Waals surface area contributed by atoms with E-state index in [1.165, 1.54) is 16.4 Å². The van der Waals surface area contributed by atoms with Gasteiger partial charge in [-0.2, -0.15) is 17.4 Å². The Hall–Kier alpha value is -1.55. The lowest BCUT2D eigenvalue weighted by Crippen LogP contribution is -2.48. The maximum atomic E-state index is 12.9. The third-order valence-corrected chi connectivity index (χ3v) is 5.37. The number of carboxylic acid groups (broad SMARTS) is 1. The number of aliphatic carboxylic acids is 1. The fourth-order valence-corrected chi connectivity index (χ4v) is 3.82. The highest BCUT2D eigenvalue weighted by Crippen LogP contribution is 2.19. The topological polar surface area (TPSA) is 95.9 Å². The molecular formula is C14H19FN2O5S. The summed E-state index contributed by atoms with van der Waals surface area (Å²) in [4.78, 5) is 11.4. The van der Waals surface area contributed by atoms with Crippen LogP contribution in [-0.2, 0) is 19.7 Å². The van der Waals surface area contributed by atoms with Gasteiger partial charge >= 0.3 is 5.97 Å². The minimum atomic E-state index is -3.96. The highest BCUT2D eigenvalue weighted by Gasteiger charge is 2.32. The predicted molar refractivity (Wildman–Crippen MR) is 80.4 cm³/mol. The molecule has 0 unspecified atom stereocenters. The molecule has 1 aliphatic heterocycles. The number of ether oxygens (including phenoxy) is 1. The summed E-state index contributed by atoms with van der Waals surface area (Å²) in [5.74, 6) is -1.88. The number of halogens is 1. The average molecular weight is 346 g/mol. The van der Waals surface area contributed by atoms with Gasteiger partial charge in [0.1, 0.15) is 11.9 Å². The Morgan fingerprint density at radius 1 is 1.35 bits per heavy atom. The summed E-state index contributed by atoms with van der Waals surface area (Å²) in [7, 11) is -2.39. The number of piperidine rings is 1. The lowest BCUT2D eigenvalue weighted by Gasteiger charge is -2.31. The molecule has 1 heterocycles. The Bertz CT molecular complexity index is 642. The molecule has 1 aromatic carbocycles. The fourth-order valence-electron chi connectivity index (χ4n) is 2.45. The lowest BCUT2D eigenvalue weighted by atomic mass is 10.1. The largest absolute Gasteiger partial charge is 0.480 e. The van der Waals surface area contributed by atoms with Gasteiger partial charge in [-0.3, -0.25) is 4.79 Å². The second kappa shape index (κ2) is 7.35. The van der Waals surface area contributed by atoms with Crippen molar-refractivity contribution in [3.63, 3.8) is 0 Å². The molecule has 0 aliphatic carbocycles. The minimum Gasteiger partial charge on any atom is -0.480 e. The van der Waals surface area contributed by atoms with Gasteiger partial charge in [0.05, 0.1) is 6.10 Å². The third-order valence-electron chi connectivity index (χ3n) is 3.79. The molecule has 0 amide bonds. The highest BCUT2D eigenvalue weighted by molar-refractivity contribution is 7.87. The van der Waals surface area contributed by atoms with Crippen LogP contribution in [0.1, 0.15) is 24.4 Å². The predicted octanol–water partition coefficient (Wildman–Crippen LogP) is 0.897. The number of nitrogens with zero attached hydrogens (tertiary/aromatic N) is 1. The Labute approximate surface area is 134 Å². The van der Waals surface area contributed by atoms with Crippen molar-refractivity contribution in [2.45, 2.75) is 25.0 Å². The van der Waals surface area contributed by atoms with Crippen molar-refractivity contribution in [1.82, 2.24) is 9.03 Å². The van der Waals surface area contributed by atoms with E-state index in [2.05, 4.69) is 4.72 Å². The quantitative estimate of drug-likeness (QED) is 0.798. The van der Waals surface area contributed by atoms with Crippen LogP contribution < -0.4 is 4.72 Å². The molecule has 9 heteroatoms. The molecule has 23 heavy (non-hydrogen) atoms. The van der Waals surface area contributed by atoms with Gasteiger partial charge < -0.3 is 9.84 Å². The van der Waals surface area contributed by atoms with Crippen LogP contribution in [0, 0.1) is 5.82 Å². The maximum absolute atomic E-state index is 12.9. The molecule has 0 spiro atoms. The van der Waals surface area contributed by atoms with E-state index in [-0.39, 0.29) is 24.8 Å². The fraction of sp³-hybridized carbons (Fsp3) is 0.500. The monoisotopic (exact) mass is 346 g/mol. The van der Waals surface area contributed by atoms with Gasteiger partial charge in [0.15, 0.2) is 0 Å². The third kappa shape index (κ3) is 4.47. The van der Waals surface area contributed by atoms with E-state index in [1.807, 2.05) is 0 Å². The molecule has 0 saturated carbocycles. The summed E-state index contributed by atoms with van der Waals surface area (Å²) < 4.78 is 46.2. The van der Waals surface area contributed by atoms with E-state index in [4.69, 9.17) is 4.74 Å². The number of methoxy groups -OCH3 is 1. The van der Waals surface area contributed by atoms with Crippen molar-refractivity contribution in [3.05, 3.63) is 35.6 Å². The molecule has 0 bridgehead atoms. The second-order valence-corrected chi connectivity index (χ2v) is 6.98. The smallest absolute Gasteiger partial charge is 0.326 e. The van der Waals surface area contributed by atoms with Crippen LogP contribution in [0.3, 0.4) is 0 Å². The summed E-state index contributed by atoms with van der Waals surface area (Å²) in [6.45, 7) is 0.507. The standard InChI is InChI=1S/C14H19FN2O5S/c1-22-12-6-8-17(9-7-12)23(20,21)16-13(14(18)19)10-2-4-11(15)5-3-10/h2-5,12-13,16H,6-9H2,1H3,(H,18,19)/t13-/m0/s1. The zero-order chi connectivity index (χ0) is 17.0. The van der Waals surface area contributed by atoms with Crippen LogP contribution in [0.15, 0.2) is 24.3 Å². The molecule has 1 aliphatic rings. The summed E-state index contributed by atoms with van der Waals surface area (Å²) in [5.41, 5.74) is 0.161. The number of nitrogens with one attached hydrogen (secondary N) is 1. The molecule has 128 valence electrons. The zero-order valence-electron chi connectivity index (χ0n) is 12.6. The van der Waals surface area contributed by atoms with Crippen LogP contribution in [0.2, 0.25) is 0 Å². The first-order valence-electron chi connectivity index (χ1n) is 7.12. The maximum Gasteiger partial charge on any atom is 0.326 e. The normalized spacial score (nSPS) is 18.7. The molecule has 1 saturated heterocycles. The van der Waals surface area contributed by atoms with Gasteiger partial charge in [-0.05, 0) is 30.5 Å². The van der Waals surface area contributed by atoms with E-state index in [0.717, 1.165) is 12.1 Å². The molecular weight excluding hydrogens is 327 g/mol. The van der Waals surface area contributed by atoms with E-state index in [1.54, 1.807) is 7.11 Å². The van der Waals surface area contributed by atoms with E-state index < -0.39 is 28.0 Å². The molecule has 0 radical (unpaired) electrons. The van der Waals surface area contributed by atoms with Gasteiger partial charge in [0.25, 0.3) is 10.2 Å². The van der Waals surface area contributed by atoms with Crippen molar-refractivity contribution < 1.29 is 27.4 Å². The van der Waals surface area contributed by atoms with E-state index >= 15 is 0 Å². The SMILES string of the molecule is COC1CCN(S(=O)(=O)N[C@H](C(=O)O)c2ccc(F)cc2)CC1. The van der Waals surface area contributed by atoms with Crippen LogP contribution >= 0.6 is 0 Å². The van der Waals surface area contributed by atoms with Crippen LogP contribution in [0.4, 0.5) is 4.39 Å². The van der Waals surface area contributed by atoms with Gasteiger partial charge in [0, 0.05) is 20.2 Å². The Morgan fingerprint density at radius 3 is 2.39 bits per heavy atom. The minimum absolute atomic E-state index is 0.00817. The Kier molecular flexibility index (Phi) is 5.69. The first-order chi connectivity index (χ1) is 10.8. The van der Waals surface area contributed by atoms with E-state index in [9.17, 15) is 22.7 Å². The van der Waals surface area contributed by atoms with Crippen molar-refractivity contribution in [2.75, 3.05) is 20.2 Å². The summed E-state index contributed by atoms with van der Waals surface area (Å²) >= 11 is 0. The molecule has 1 fully saturated rings. The second-order valence-electron chi connectivity index (χ2n) is 5.28. The average Bonchev–Trinajstić information content (AvgIpc) is 2.53. The van der Waals surface area contributed by atoms with Crippen LogP contribution in [-0.4, -0.2) is 50.1 Å². The first-order valence-corrected chi connectivity index (χ1v) is 8.56. The molecule has 7 nitrogen and oxygen atoms in total. The van der Waals surface area contributed by atoms with Crippen molar-refractivity contribution in [1.29, 1.82) is 0 Å². The molecule has 1 aromatic rings. The Balaban J connectivity index is 2.13. The number of hydrogen-bond acceptors (Lipinski definition) is 4.